The van der Waals surface area contributed by atoms with Crippen molar-refractivity contribution in [1.82, 2.24) is 5.43 Å². The predicted molar refractivity (Wildman–Crippen MR) is 54.1 cm³/mol. The first-order valence-corrected chi connectivity index (χ1v) is 4.93. The summed E-state index contributed by atoms with van der Waals surface area (Å²) >= 11 is 0. The van der Waals surface area contributed by atoms with Crippen LogP contribution in [0.4, 0.5) is 0 Å². The van der Waals surface area contributed by atoms with Crippen LogP contribution in [-0.4, -0.2) is 18.8 Å². The SMILES string of the molecule is C=C(C)C(NN)C(OCC)C1CC1. The van der Waals surface area contributed by atoms with Gasteiger partial charge in [-0.25, -0.2) is 0 Å². The molecule has 0 bridgehead atoms. The lowest BCUT2D eigenvalue weighted by Crippen LogP contribution is -2.46. The van der Waals surface area contributed by atoms with Crippen LogP contribution in [0.1, 0.15) is 26.7 Å². The Labute approximate surface area is 80.3 Å². The highest BCUT2D eigenvalue weighted by Crippen LogP contribution is 2.36. The summed E-state index contributed by atoms with van der Waals surface area (Å²) in [7, 11) is 0. The molecule has 1 aliphatic carbocycles. The number of hydrazine groups is 1. The van der Waals surface area contributed by atoms with Crippen molar-refractivity contribution in [1.29, 1.82) is 0 Å². The molecular formula is C10H20N2O. The number of rotatable bonds is 6. The van der Waals surface area contributed by atoms with Gasteiger partial charge in [-0.05, 0) is 32.6 Å². The van der Waals surface area contributed by atoms with Crippen LogP contribution in [0.25, 0.3) is 0 Å². The van der Waals surface area contributed by atoms with Crippen LogP contribution < -0.4 is 11.3 Å². The summed E-state index contributed by atoms with van der Waals surface area (Å²) in [6.45, 7) is 8.66. The second-order valence-corrected chi connectivity index (χ2v) is 3.75. The molecule has 0 spiro atoms. The van der Waals surface area contributed by atoms with Crippen molar-refractivity contribution in [3.05, 3.63) is 12.2 Å². The van der Waals surface area contributed by atoms with Gasteiger partial charge in [-0.1, -0.05) is 12.2 Å². The molecule has 0 saturated heterocycles. The van der Waals surface area contributed by atoms with Crippen LogP contribution in [-0.2, 0) is 4.74 Å². The van der Waals surface area contributed by atoms with E-state index in [0.29, 0.717) is 5.92 Å². The first-order valence-electron chi connectivity index (χ1n) is 4.93. The molecule has 3 heteroatoms. The van der Waals surface area contributed by atoms with E-state index in [4.69, 9.17) is 10.6 Å². The van der Waals surface area contributed by atoms with E-state index >= 15 is 0 Å². The van der Waals surface area contributed by atoms with Crippen molar-refractivity contribution in [3.8, 4) is 0 Å². The van der Waals surface area contributed by atoms with Crippen molar-refractivity contribution in [2.75, 3.05) is 6.61 Å². The maximum Gasteiger partial charge on any atom is 0.0807 e. The fourth-order valence-corrected chi connectivity index (χ4v) is 1.64. The van der Waals surface area contributed by atoms with Crippen LogP contribution in [0.3, 0.4) is 0 Å². The Morgan fingerprint density at radius 3 is 2.62 bits per heavy atom. The maximum absolute atomic E-state index is 5.68. The van der Waals surface area contributed by atoms with Gasteiger partial charge in [-0.15, -0.1) is 0 Å². The van der Waals surface area contributed by atoms with E-state index in [0.717, 1.165) is 12.2 Å². The van der Waals surface area contributed by atoms with Gasteiger partial charge in [0.05, 0.1) is 12.1 Å². The van der Waals surface area contributed by atoms with Crippen molar-refractivity contribution >= 4 is 0 Å². The van der Waals surface area contributed by atoms with Crippen molar-refractivity contribution in [2.45, 2.75) is 38.8 Å². The van der Waals surface area contributed by atoms with Crippen molar-refractivity contribution in [3.63, 3.8) is 0 Å². The summed E-state index contributed by atoms with van der Waals surface area (Å²) in [6.07, 6.45) is 2.74. The standard InChI is InChI=1S/C10H20N2O/c1-4-13-10(8-5-6-8)9(12-11)7(2)3/h8-10,12H,2,4-6,11H2,1,3H3. The van der Waals surface area contributed by atoms with Crippen molar-refractivity contribution in [2.24, 2.45) is 11.8 Å². The van der Waals surface area contributed by atoms with Gasteiger partial charge in [0.15, 0.2) is 0 Å². The minimum atomic E-state index is 0.104. The lowest BCUT2D eigenvalue weighted by Gasteiger charge is -2.26. The molecule has 0 aromatic rings. The molecule has 0 radical (unpaired) electrons. The zero-order valence-electron chi connectivity index (χ0n) is 8.55. The molecule has 0 heterocycles. The quantitative estimate of drug-likeness (QED) is 0.370. The fraction of sp³-hybridized carbons (Fsp3) is 0.800. The van der Waals surface area contributed by atoms with E-state index in [1.807, 2.05) is 13.8 Å². The number of nitrogens with two attached hydrogens (primary N) is 1. The van der Waals surface area contributed by atoms with Crippen LogP contribution in [0.2, 0.25) is 0 Å². The van der Waals surface area contributed by atoms with Gasteiger partial charge in [-0.3, -0.25) is 11.3 Å². The smallest absolute Gasteiger partial charge is 0.0807 e. The molecule has 0 aromatic carbocycles. The lowest BCUT2D eigenvalue weighted by atomic mass is 10.0. The first-order chi connectivity index (χ1) is 6.20. The Kier molecular flexibility index (Phi) is 3.90. The number of ether oxygens (including phenoxy) is 1. The van der Waals surface area contributed by atoms with Crippen LogP contribution in [0, 0.1) is 5.92 Å². The average Bonchev–Trinajstić information content (AvgIpc) is 2.86. The summed E-state index contributed by atoms with van der Waals surface area (Å²) in [6, 6.07) is 0.104. The molecule has 1 aliphatic rings. The van der Waals surface area contributed by atoms with E-state index in [9.17, 15) is 0 Å². The van der Waals surface area contributed by atoms with E-state index < -0.39 is 0 Å². The molecule has 0 amide bonds. The summed E-state index contributed by atoms with van der Waals surface area (Å²) in [4.78, 5) is 0. The molecule has 3 N–H and O–H groups in total. The van der Waals surface area contributed by atoms with E-state index in [-0.39, 0.29) is 12.1 Å². The second kappa shape index (κ2) is 4.74. The topological polar surface area (TPSA) is 47.3 Å². The van der Waals surface area contributed by atoms with Gasteiger partial charge in [-0.2, -0.15) is 0 Å². The first kappa shape index (κ1) is 10.7. The minimum Gasteiger partial charge on any atom is -0.376 e. The van der Waals surface area contributed by atoms with Gasteiger partial charge >= 0.3 is 0 Å². The molecule has 3 nitrogen and oxygen atoms in total. The maximum atomic E-state index is 5.68. The van der Waals surface area contributed by atoms with Crippen LogP contribution in [0.5, 0.6) is 0 Å². The zero-order chi connectivity index (χ0) is 9.84. The molecule has 0 aromatic heterocycles. The summed E-state index contributed by atoms with van der Waals surface area (Å²) in [5.41, 5.74) is 3.83. The third-order valence-corrected chi connectivity index (χ3v) is 2.48. The Bertz CT molecular complexity index is 178. The van der Waals surface area contributed by atoms with Gasteiger partial charge < -0.3 is 4.74 Å². The molecule has 1 rings (SSSR count). The van der Waals surface area contributed by atoms with E-state index in [1.165, 1.54) is 12.8 Å². The largest absolute Gasteiger partial charge is 0.376 e. The molecule has 1 fully saturated rings. The average molecular weight is 184 g/mol. The third-order valence-electron chi connectivity index (χ3n) is 2.48. The zero-order valence-corrected chi connectivity index (χ0v) is 8.55. The normalized spacial score (nSPS) is 21.2. The third kappa shape index (κ3) is 2.79. The summed E-state index contributed by atoms with van der Waals surface area (Å²) < 4.78 is 5.68. The van der Waals surface area contributed by atoms with Crippen molar-refractivity contribution < 1.29 is 4.74 Å². The summed E-state index contributed by atoms with van der Waals surface area (Å²) in [5.74, 6) is 6.16. The van der Waals surface area contributed by atoms with Crippen LogP contribution in [0.15, 0.2) is 12.2 Å². The number of nitrogens with one attached hydrogen (secondary N) is 1. The Hall–Kier alpha value is -0.380. The molecule has 1 saturated carbocycles. The Balaban J connectivity index is 2.54. The Morgan fingerprint density at radius 1 is 1.69 bits per heavy atom. The molecule has 0 aliphatic heterocycles. The van der Waals surface area contributed by atoms with Gasteiger partial charge in [0.2, 0.25) is 0 Å². The highest BCUT2D eigenvalue weighted by molar-refractivity contribution is 5.07. The lowest BCUT2D eigenvalue weighted by molar-refractivity contribution is 0.0280. The Morgan fingerprint density at radius 2 is 2.31 bits per heavy atom. The van der Waals surface area contributed by atoms with Gasteiger partial charge in [0.25, 0.3) is 0 Å². The van der Waals surface area contributed by atoms with Gasteiger partial charge in [0, 0.05) is 6.61 Å². The number of hydrogen-bond acceptors (Lipinski definition) is 3. The highest BCUT2D eigenvalue weighted by Gasteiger charge is 2.37. The molecular weight excluding hydrogens is 164 g/mol. The summed E-state index contributed by atoms with van der Waals surface area (Å²) in [5, 5.41) is 0. The fourth-order valence-electron chi connectivity index (χ4n) is 1.64. The molecule has 76 valence electrons. The highest BCUT2D eigenvalue weighted by atomic mass is 16.5. The monoisotopic (exact) mass is 184 g/mol. The van der Waals surface area contributed by atoms with Crippen LogP contribution >= 0.6 is 0 Å². The molecule has 2 atom stereocenters. The minimum absolute atomic E-state index is 0.104. The second-order valence-electron chi connectivity index (χ2n) is 3.75. The van der Waals surface area contributed by atoms with E-state index in [1.54, 1.807) is 0 Å². The number of hydrogen-bond donors (Lipinski definition) is 2. The predicted octanol–water partition coefficient (Wildman–Crippen LogP) is 1.21. The van der Waals surface area contributed by atoms with E-state index in [2.05, 4.69) is 12.0 Å². The molecule has 13 heavy (non-hydrogen) atoms. The van der Waals surface area contributed by atoms with Gasteiger partial charge in [0.1, 0.15) is 0 Å². The molecule has 2 unspecified atom stereocenters.